The van der Waals surface area contributed by atoms with Gasteiger partial charge in [0.15, 0.2) is 5.78 Å². The molecule has 4 aliphatic carbocycles. The van der Waals surface area contributed by atoms with Crippen molar-refractivity contribution in [2.24, 2.45) is 40.9 Å². The number of ketones is 1. The van der Waals surface area contributed by atoms with E-state index in [2.05, 4.69) is 17.0 Å². The molecule has 33 heavy (non-hydrogen) atoms. The molecule has 0 saturated heterocycles. The van der Waals surface area contributed by atoms with Gasteiger partial charge in [-0.1, -0.05) is 6.92 Å². The van der Waals surface area contributed by atoms with Gasteiger partial charge in [0, 0.05) is 23.7 Å². The van der Waals surface area contributed by atoms with Crippen LogP contribution in [0.1, 0.15) is 64.7 Å². The highest BCUT2D eigenvalue weighted by Gasteiger charge is 2.59. The van der Waals surface area contributed by atoms with Crippen LogP contribution in [0.5, 0.6) is 0 Å². The largest absolute Gasteiger partial charge is 0.387 e. The molecule has 5 nitrogen and oxygen atoms in total. The van der Waals surface area contributed by atoms with E-state index in [1.165, 1.54) is 12.8 Å². The highest BCUT2D eigenvalue weighted by atomic mass is 19.1. The second kappa shape index (κ2) is 7.86. The third-order valence-corrected chi connectivity index (χ3v) is 10.4. The first kappa shape index (κ1) is 21.7. The molecule has 0 aromatic carbocycles. The summed E-state index contributed by atoms with van der Waals surface area (Å²) in [5.74, 6) is 3.58. The van der Waals surface area contributed by atoms with E-state index < -0.39 is 12.3 Å². The molecule has 0 unspecified atom stereocenters. The fraction of sp³-hybridized carbons (Fsp3) is 0.741. The number of fused-ring (bicyclic) bond motifs is 6. The minimum atomic E-state index is -1.07. The lowest BCUT2D eigenvalue weighted by atomic mass is 9.49. The van der Waals surface area contributed by atoms with Gasteiger partial charge in [-0.15, -0.1) is 0 Å². The first-order chi connectivity index (χ1) is 15.9. The van der Waals surface area contributed by atoms with E-state index in [4.69, 9.17) is 0 Å². The molecule has 2 heterocycles. The summed E-state index contributed by atoms with van der Waals surface area (Å²) in [4.78, 5) is 17.6. The van der Waals surface area contributed by atoms with Gasteiger partial charge in [-0.05, 0) is 98.9 Å². The van der Waals surface area contributed by atoms with Gasteiger partial charge in [-0.2, -0.15) is 5.10 Å². The Bertz CT molecular complexity index is 1020. The van der Waals surface area contributed by atoms with Crippen molar-refractivity contribution in [3.05, 3.63) is 24.7 Å². The molecular formula is C27H36FN3O2. The van der Waals surface area contributed by atoms with Crippen LogP contribution < -0.4 is 0 Å². The van der Waals surface area contributed by atoms with Crippen LogP contribution in [0.3, 0.4) is 0 Å². The molecular weight excluding hydrogens is 417 g/mol. The fourth-order valence-electron chi connectivity index (χ4n) is 8.88. The number of pyridine rings is 1. The van der Waals surface area contributed by atoms with Gasteiger partial charge in [0.2, 0.25) is 0 Å². The molecule has 8 atom stereocenters. The van der Waals surface area contributed by atoms with Gasteiger partial charge in [0.1, 0.15) is 12.2 Å². The minimum absolute atomic E-state index is 0.0908. The number of rotatable bonds is 4. The summed E-state index contributed by atoms with van der Waals surface area (Å²) < 4.78 is 15.2. The topological polar surface area (TPSA) is 68.0 Å². The van der Waals surface area contributed by atoms with Crippen LogP contribution in [-0.2, 0) is 11.3 Å². The van der Waals surface area contributed by atoms with E-state index in [9.17, 15) is 14.3 Å². The zero-order valence-electron chi connectivity index (χ0n) is 19.6. The van der Waals surface area contributed by atoms with E-state index in [1.807, 2.05) is 12.3 Å². The molecule has 4 saturated carbocycles. The number of halogens is 1. The first-order valence-corrected chi connectivity index (χ1v) is 13.0. The summed E-state index contributed by atoms with van der Waals surface area (Å²) in [6, 6.07) is 1.94. The second-order valence-corrected chi connectivity index (χ2v) is 11.9. The van der Waals surface area contributed by atoms with Gasteiger partial charge >= 0.3 is 0 Å². The third kappa shape index (κ3) is 3.46. The maximum atomic E-state index is 13.5. The average Bonchev–Trinajstić information content (AvgIpc) is 3.38. The Morgan fingerprint density at radius 1 is 1.15 bits per heavy atom. The predicted octanol–water partition coefficient (Wildman–Crippen LogP) is 4.97. The molecule has 0 amide bonds. The smallest absolute Gasteiger partial charge is 0.157 e. The molecule has 1 N–H and O–H groups in total. The van der Waals surface area contributed by atoms with E-state index in [0.717, 1.165) is 43.0 Å². The number of Topliss-reactive ketones (excluding diaryl/α,β-unsaturated/α-hetero) is 1. The Balaban J connectivity index is 1.17. The summed E-state index contributed by atoms with van der Waals surface area (Å²) >= 11 is 0. The lowest BCUT2D eigenvalue weighted by molar-refractivity contribution is -0.134. The third-order valence-electron chi connectivity index (χ3n) is 10.4. The monoisotopic (exact) mass is 453 g/mol. The summed E-state index contributed by atoms with van der Waals surface area (Å²) in [6.45, 7) is 2.14. The number of hydrogen-bond donors (Lipinski definition) is 1. The van der Waals surface area contributed by atoms with Crippen molar-refractivity contribution >= 4 is 16.7 Å². The van der Waals surface area contributed by atoms with Crippen LogP contribution in [0.15, 0.2) is 24.7 Å². The molecule has 0 aliphatic heterocycles. The number of aromatic nitrogens is 3. The summed E-state index contributed by atoms with van der Waals surface area (Å²) in [7, 11) is 0. The van der Waals surface area contributed by atoms with E-state index in [0.29, 0.717) is 54.8 Å². The molecule has 4 fully saturated rings. The lowest BCUT2D eigenvalue weighted by Gasteiger charge is -2.56. The molecule has 0 bridgehead atoms. The second-order valence-electron chi connectivity index (χ2n) is 11.9. The SMILES string of the molecule is C[C@]12CC[C@H]3[C@@H](CC[C@H]4C[C@@](O)(CF)CC[C@@H]43)[C@@H]1CC[C@@H]2C(=O)Cn1cc2ccncc2n1. The summed E-state index contributed by atoms with van der Waals surface area (Å²) in [5.41, 5.74) is -0.145. The van der Waals surface area contributed by atoms with Crippen molar-refractivity contribution < 1.29 is 14.3 Å². The molecule has 4 aliphatic rings. The van der Waals surface area contributed by atoms with Crippen molar-refractivity contribution in [3.8, 4) is 0 Å². The van der Waals surface area contributed by atoms with Gasteiger partial charge in [-0.25, -0.2) is 4.39 Å². The van der Waals surface area contributed by atoms with Crippen molar-refractivity contribution in [2.75, 3.05) is 6.67 Å². The van der Waals surface area contributed by atoms with Crippen LogP contribution in [0, 0.1) is 40.9 Å². The van der Waals surface area contributed by atoms with Crippen LogP contribution in [0.2, 0.25) is 0 Å². The van der Waals surface area contributed by atoms with Gasteiger partial charge in [0.05, 0.1) is 18.3 Å². The maximum Gasteiger partial charge on any atom is 0.157 e. The Kier molecular flexibility index (Phi) is 5.17. The molecule has 6 heteroatoms. The highest BCUT2D eigenvalue weighted by Crippen LogP contribution is 2.64. The average molecular weight is 454 g/mol. The zero-order valence-corrected chi connectivity index (χ0v) is 19.6. The molecule has 0 radical (unpaired) electrons. The molecule has 178 valence electrons. The number of carbonyl (C=O) groups excluding carboxylic acids is 1. The Hall–Kier alpha value is -1.82. The van der Waals surface area contributed by atoms with Gasteiger partial charge in [-0.3, -0.25) is 14.5 Å². The quantitative estimate of drug-likeness (QED) is 0.710. The molecule has 2 aromatic heterocycles. The lowest BCUT2D eigenvalue weighted by Crippen LogP contribution is -2.52. The molecule has 0 spiro atoms. The minimum Gasteiger partial charge on any atom is -0.387 e. The number of hydrogen-bond acceptors (Lipinski definition) is 4. The van der Waals surface area contributed by atoms with Crippen molar-refractivity contribution in [1.82, 2.24) is 14.8 Å². The van der Waals surface area contributed by atoms with E-state index in [-0.39, 0.29) is 11.3 Å². The van der Waals surface area contributed by atoms with Crippen molar-refractivity contribution in [1.29, 1.82) is 0 Å². The Morgan fingerprint density at radius 3 is 2.82 bits per heavy atom. The fourth-order valence-corrected chi connectivity index (χ4v) is 8.88. The number of carbonyl (C=O) groups is 1. The molecule has 2 aromatic rings. The highest BCUT2D eigenvalue weighted by molar-refractivity contribution is 5.83. The summed E-state index contributed by atoms with van der Waals surface area (Å²) in [6.07, 6.45) is 14.5. The maximum absolute atomic E-state index is 13.5. The van der Waals surface area contributed by atoms with Crippen molar-refractivity contribution in [3.63, 3.8) is 0 Å². The van der Waals surface area contributed by atoms with E-state index >= 15 is 0 Å². The Morgan fingerprint density at radius 2 is 2.00 bits per heavy atom. The number of alkyl halides is 1. The summed E-state index contributed by atoms with van der Waals surface area (Å²) in [5, 5.41) is 16.1. The normalized spacial score (nSPS) is 42.5. The van der Waals surface area contributed by atoms with E-state index in [1.54, 1.807) is 17.1 Å². The Labute approximate surface area is 195 Å². The van der Waals surface area contributed by atoms with Crippen molar-refractivity contribution in [2.45, 2.75) is 76.9 Å². The van der Waals surface area contributed by atoms with Crippen LogP contribution in [0.4, 0.5) is 4.39 Å². The predicted molar refractivity (Wildman–Crippen MR) is 124 cm³/mol. The van der Waals surface area contributed by atoms with Gasteiger partial charge in [0.25, 0.3) is 0 Å². The van der Waals surface area contributed by atoms with Crippen LogP contribution in [0.25, 0.3) is 10.9 Å². The number of nitrogens with zero attached hydrogens (tertiary/aromatic N) is 3. The standard InChI is InChI=1S/C27H36FN3O2/c1-26-9-6-20-19-7-10-27(33,16-28)12-17(19)2-3-21(20)22(26)4-5-23(26)25(32)15-31-14-18-8-11-29-13-24(18)30-31/h8,11,13-14,17,19-23,33H,2-7,9-10,12,15-16H2,1H3/t17-,19-,20+,21+,22-,23+,26-,27+/m0/s1. The van der Waals surface area contributed by atoms with Gasteiger partial charge < -0.3 is 5.11 Å². The molecule has 6 rings (SSSR count). The van der Waals surface area contributed by atoms with Crippen LogP contribution >= 0.6 is 0 Å². The van der Waals surface area contributed by atoms with Crippen LogP contribution in [-0.4, -0.2) is 37.9 Å². The zero-order chi connectivity index (χ0) is 22.8. The first-order valence-electron chi connectivity index (χ1n) is 13.0. The number of aliphatic hydroxyl groups is 1.